The predicted molar refractivity (Wildman–Crippen MR) is 86.1 cm³/mol. The number of hydrazone groups is 1. The lowest BCUT2D eigenvalue weighted by atomic mass is 10.2. The van der Waals surface area contributed by atoms with Crippen molar-refractivity contribution in [2.24, 2.45) is 26.6 Å². The molecule has 2 rings (SSSR count). The van der Waals surface area contributed by atoms with Crippen LogP contribution >= 0.6 is 0 Å². The van der Waals surface area contributed by atoms with Gasteiger partial charge in [-0.3, -0.25) is 0 Å². The van der Waals surface area contributed by atoms with Crippen molar-refractivity contribution in [1.29, 1.82) is 0 Å². The maximum Gasteiger partial charge on any atom is 0.216 e. The summed E-state index contributed by atoms with van der Waals surface area (Å²) in [5.41, 5.74) is 11.9. The Morgan fingerprint density at radius 3 is 2.86 bits per heavy atom. The zero-order chi connectivity index (χ0) is 15.1. The van der Waals surface area contributed by atoms with Gasteiger partial charge in [-0.15, -0.1) is 0 Å². The third kappa shape index (κ3) is 4.48. The van der Waals surface area contributed by atoms with E-state index in [-0.39, 0.29) is 12.1 Å². The van der Waals surface area contributed by atoms with Crippen LogP contribution in [0.5, 0.6) is 0 Å². The first-order chi connectivity index (χ1) is 10.2. The van der Waals surface area contributed by atoms with E-state index in [2.05, 4.69) is 20.4 Å². The molecule has 0 fully saturated rings. The molecule has 1 unspecified atom stereocenters. The smallest absolute Gasteiger partial charge is 0.216 e. The number of hydrogen-bond donors (Lipinski definition) is 3. The van der Waals surface area contributed by atoms with Gasteiger partial charge < -0.3 is 16.8 Å². The van der Waals surface area contributed by atoms with E-state index < -0.39 is 0 Å². The molecule has 0 amide bonds. The fraction of sp³-hybridized carbons (Fsp3) is 0.357. The van der Waals surface area contributed by atoms with Gasteiger partial charge in [-0.1, -0.05) is 37.3 Å². The minimum atomic E-state index is -0.193. The van der Waals surface area contributed by atoms with Crippen LogP contribution in [0.15, 0.2) is 45.4 Å². The first-order valence-corrected chi connectivity index (χ1v) is 6.95. The summed E-state index contributed by atoms with van der Waals surface area (Å²) in [6, 6.07) is 9.92. The number of rotatable bonds is 5. The number of guanidine groups is 2. The monoisotopic (exact) mass is 287 g/mol. The minimum Gasteiger partial charge on any atom is -0.370 e. The fourth-order valence-electron chi connectivity index (χ4n) is 1.90. The van der Waals surface area contributed by atoms with Crippen LogP contribution in [0.2, 0.25) is 0 Å². The Bertz CT molecular complexity index is 532. The molecule has 1 aromatic rings. The van der Waals surface area contributed by atoms with Gasteiger partial charge in [0.05, 0.1) is 19.3 Å². The third-order valence-electron chi connectivity index (χ3n) is 2.95. The number of benzene rings is 1. The minimum absolute atomic E-state index is 0.0623. The summed E-state index contributed by atoms with van der Waals surface area (Å²) in [6.07, 6.45) is 2.37. The van der Waals surface area contributed by atoms with Crippen LogP contribution in [-0.4, -0.2) is 42.4 Å². The molecule has 0 bridgehead atoms. The summed E-state index contributed by atoms with van der Waals surface area (Å²) in [7, 11) is 0. The predicted octanol–water partition coefficient (Wildman–Crippen LogP) is 0.291. The Kier molecular flexibility index (Phi) is 5.14. The van der Waals surface area contributed by atoms with Crippen molar-refractivity contribution in [3.63, 3.8) is 0 Å². The molecule has 1 atom stereocenters. The summed E-state index contributed by atoms with van der Waals surface area (Å²) >= 11 is 0. The first-order valence-electron chi connectivity index (χ1n) is 6.95. The van der Waals surface area contributed by atoms with Gasteiger partial charge in [0, 0.05) is 0 Å². The molecule has 21 heavy (non-hydrogen) atoms. The van der Waals surface area contributed by atoms with Crippen molar-refractivity contribution in [2.45, 2.75) is 19.5 Å². The fourth-order valence-corrected chi connectivity index (χ4v) is 1.90. The topological polar surface area (TPSA) is 104 Å². The van der Waals surface area contributed by atoms with Crippen LogP contribution in [0.25, 0.3) is 0 Å². The van der Waals surface area contributed by atoms with Gasteiger partial charge in [-0.05, 0) is 12.0 Å². The molecule has 112 valence electrons. The Balaban J connectivity index is 2.00. The highest BCUT2D eigenvalue weighted by atomic mass is 15.5. The standard InChI is InChI=1S/C14H21N7/c1-2-12(19-13(15)16)20-14-17-8-9-21(14)18-10-11-6-4-3-5-7-11/h3-7,10,12H,2,8-9H2,1H3,(H,17,20)(H4,15,16,19)/b18-10+. The van der Waals surface area contributed by atoms with Gasteiger partial charge in [-0.2, -0.15) is 5.10 Å². The number of nitrogens with two attached hydrogens (primary N) is 2. The molecule has 0 aromatic heterocycles. The molecule has 0 aliphatic carbocycles. The maximum atomic E-state index is 5.42. The second-order valence-corrected chi connectivity index (χ2v) is 4.61. The lowest BCUT2D eigenvalue weighted by Gasteiger charge is -2.19. The second-order valence-electron chi connectivity index (χ2n) is 4.61. The number of nitrogens with zero attached hydrogens (tertiary/aromatic N) is 4. The summed E-state index contributed by atoms with van der Waals surface area (Å²) in [4.78, 5) is 8.50. The van der Waals surface area contributed by atoms with Gasteiger partial charge in [0.15, 0.2) is 5.96 Å². The molecule has 5 N–H and O–H groups in total. The largest absolute Gasteiger partial charge is 0.370 e. The van der Waals surface area contributed by atoms with E-state index in [1.807, 2.05) is 48.5 Å². The van der Waals surface area contributed by atoms with Crippen molar-refractivity contribution < 1.29 is 0 Å². The average Bonchev–Trinajstić information content (AvgIpc) is 2.92. The molecular formula is C14H21N7. The van der Waals surface area contributed by atoms with Crippen molar-refractivity contribution in [3.8, 4) is 0 Å². The number of nitrogens with one attached hydrogen (secondary N) is 1. The Morgan fingerprint density at radius 1 is 1.43 bits per heavy atom. The van der Waals surface area contributed by atoms with Crippen molar-refractivity contribution >= 4 is 18.1 Å². The van der Waals surface area contributed by atoms with Gasteiger partial charge in [0.25, 0.3) is 0 Å². The van der Waals surface area contributed by atoms with Crippen LogP contribution < -0.4 is 16.8 Å². The zero-order valence-corrected chi connectivity index (χ0v) is 12.1. The molecule has 0 saturated heterocycles. The van der Waals surface area contributed by atoms with E-state index in [0.29, 0.717) is 12.5 Å². The first kappa shape index (κ1) is 14.8. The van der Waals surface area contributed by atoms with E-state index in [1.165, 1.54) is 0 Å². The molecule has 1 aliphatic heterocycles. The molecular weight excluding hydrogens is 266 g/mol. The molecule has 1 heterocycles. The average molecular weight is 287 g/mol. The Morgan fingerprint density at radius 2 is 2.19 bits per heavy atom. The molecule has 7 nitrogen and oxygen atoms in total. The van der Waals surface area contributed by atoms with Gasteiger partial charge in [-0.25, -0.2) is 15.0 Å². The lowest BCUT2D eigenvalue weighted by Crippen LogP contribution is -2.42. The zero-order valence-electron chi connectivity index (χ0n) is 12.1. The number of aliphatic imine (C=N–C) groups is 2. The normalized spacial score (nSPS) is 15.9. The Labute approximate surface area is 124 Å². The highest BCUT2D eigenvalue weighted by Crippen LogP contribution is 2.04. The second kappa shape index (κ2) is 7.28. The Hall–Kier alpha value is -2.57. The van der Waals surface area contributed by atoms with Crippen molar-refractivity contribution in [2.75, 3.05) is 13.1 Å². The lowest BCUT2D eigenvalue weighted by molar-refractivity contribution is 0.458. The van der Waals surface area contributed by atoms with Gasteiger partial charge in [0.1, 0.15) is 6.17 Å². The van der Waals surface area contributed by atoms with Crippen LogP contribution in [0, 0.1) is 0 Å². The van der Waals surface area contributed by atoms with Crippen LogP contribution in [0.1, 0.15) is 18.9 Å². The van der Waals surface area contributed by atoms with Crippen LogP contribution in [0.3, 0.4) is 0 Å². The van der Waals surface area contributed by atoms with Crippen molar-refractivity contribution in [3.05, 3.63) is 35.9 Å². The highest BCUT2D eigenvalue weighted by molar-refractivity contribution is 5.85. The molecule has 0 spiro atoms. The van der Waals surface area contributed by atoms with Crippen LogP contribution in [0.4, 0.5) is 0 Å². The molecule has 1 aromatic carbocycles. The summed E-state index contributed by atoms with van der Waals surface area (Å²) in [5, 5.41) is 9.46. The molecule has 0 saturated carbocycles. The van der Waals surface area contributed by atoms with E-state index in [1.54, 1.807) is 0 Å². The van der Waals surface area contributed by atoms with Crippen molar-refractivity contribution in [1.82, 2.24) is 10.3 Å². The number of hydrogen-bond acceptors (Lipinski definition) is 5. The summed E-state index contributed by atoms with van der Waals surface area (Å²) in [5.74, 6) is 0.756. The van der Waals surface area contributed by atoms with E-state index in [9.17, 15) is 0 Å². The van der Waals surface area contributed by atoms with E-state index in [4.69, 9.17) is 11.5 Å². The van der Waals surface area contributed by atoms with Crippen LogP contribution in [-0.2, 0) is 0 Å². The quantitative estimate of drug-likeness (QED) is 0.535. The highest BCUT2D eigenvalue weighted by Gasteiger charge is 2.18. The van der Waals surface area contributed by atoms with E-state index >= 15 is 0 Å². The maximum absolute atomic E-state index is 5.42. The molecule has 0 radical (unpaired) electrons. The molecule has 1 aliphatic rings. The summed E-state index contributed by atoms with van der Waals surface area (Å²) < 4.78 is 0. The van der Waals surface area contributed by atoms with E-state index in [0.717, 1.165) is 18.5 Å². The molecule has 7 heteroatoms. The SMILES string of the molecule is CCC(N=C(N)N)NC1=NCCN1/N=C/c1ccccc1. The van der Waals surface area contributed by atoms with Gasteiger partial charge >= 0.3 is 0 Å². The summed E-state index contributed by atoms with van der Waals surface area (Å²) in [6.45, 7) is 3.44. The third-order valence-corrected chi connectivity index (χ3v) is 2.95. The van der Waals surface area contributed by atoms with Gasteiger partial charge in [0.2, 0.25) is 5.96 Å².